The van der Waals surface area contributed by atoms with E-state index in [1.807, 2.05) is 59.9 Å². The van der Waals surface area contributed by atoms with E-state index in [2.05, 4.69) is 38.6 Å². The van der Waals surface area contributed by atoms with E-state index < -0.39 is 0 Å². The standard InChI is InChI=1S/C20H13IN4O/c1-13-3-2-4-18(24-13)26-15-7-5-14(6-8-15)19-16(11-22)17-9-10-23-12-25(17)20(19)21/h2-10,12H,1H3. The first kappa shape index (κ1) is 16.5. The van der Waals surface area contributed by atoms with E-state index in [-0.39, 0.29) is 0 Å². The number of ether oxygens (including phenoxy) is 1. The number of pyridine rings is 1. The number of aryl methyl sites for hydroxylation is 1. The minimum atomic E-state index is 0.561. The fourth-order valence-corrected chi connectivity index (χ4v) is 3.80. The van der Waals surface area contributed by atoms with Crippen molar-refractivity contribution in [3.05, 3.63) is 76.0 Å². The quantitative estimate of drug-likeness (QED) is 0.412. The number of nitrogens with zero attached hydrogens (tertiary/aromatic N) is 4. The summed E-state index contributed by atoms with van der Waals surface area (Å²) in [6.07, 6.45) is 3.42. The van der Waals surface area contributed by atoms with Crippen molar-refractivity contribution in [2.45, 2.75) is 6.92 Å². The number of nitriles is 1. The molecule has 0 aliphatic heterocycles. The van der Waals surface area contributed by atoms with E-state index in [0.29, 0.717) is 17.2 Å². The van der Waals surface area contributed by atoms with Crippen molar-refractivity contribution in [3.8, 4) is 28.8 Å². The molecule has 0 N–H and O–H groups in total. The SMILES string of the molecule is Cc1cccc(Oc2ccc(-c3c(C#N)c4ccncn4c3I)cc2)n1. The molecule has 0 spiro atoms. The number of hydrogen-bond donors (Lipinski definition) is 0. The molecule has 0 radical (unpaired) electrons. The molecule has 4 aromatic rings. The van der Waals surface area contributed by atoms with Crippen LogP contribution in [0.15, 0.2) is 61.1 Å². The Balaban J connectivity index is 1.73. The van der Waals surface area contributed by atoms with E-state index in [9.17, 15) is 5.26 Å². The third kappa shape index (κ3) is 2.91. The van der Waals surface area contributed by atoms with Crippen LogP contribution in [0, 0.1) is 22.0 Å². The average Bonchev–Trinajstić information content (AvgIpc) is 2.95. The average molecular weight is 452 g/mol. The van der Waals surface area contributed by atoms with Crippen molar-refractivity contribution in [1.82, 2.24) is 14.4 Å². The predicted octanol–water partition coefficient (Wildman–Crippen LogP) is 4.97. The molecule has 3 aromatic heterocycles. The molecule has 0 amide bonds. The first-order valence-corrected chi connectivity index (χ1v) is 9.01. The zero-order valence-corrected chi connectivity index (χ0v) is 16.0. The normalized spacial score (nSPS) is 10.7. The van der Waals surface area contributed by atoms with Crippen LogP contribution >= 0.6 is 22.6 Å². The lowest BCUT2D eigenvalue weighted by Crippen LogP contribution is -1.90. The minimum absolute atomic E-state index is 0.561. The molecular formula is C20H13IN4O. The van der Waals surface area contributed by atoms with Gasteiger partial charge in [-0.05, 0) is 59.3 Å². The highest BCUT2D eigenvalue weighted by atomic mass is 127. The van der Waals surface area contributed by atoms with Crippen molar-refractivity contribution >= 4 is 28.1 Å². The Bertz CT molecular complexity index is 1140. The monoisotopic (exact) mass is 452 g/mol. The Morgan fingerprint density at radius 2 is 1.92 bits per heavy atom. The van der Waals surface area contributed by atoms with Crippen molar-refractivity contribution in [3.63, 3.8) is 0 Å². The van der Waals surface area contributed by atoms with Crippen LogP contribution in [0.5, 0.6) is 11.6 Å². The number of rotatable bonds is 3. The van der Waals surface area contributed by atoms with Gasteiger partial charge in [-0.3, -0.25) is 4.40 Å². The van der Waals surface area contributed by atoms with Gasteiger partial charge in [-0.25, -0.2) is 9.97 Å². The van der Waals surface area contributed by atoms with Gasteiger partial charge in [-0.2, -0.15) is 5.26 Å². The maximum Gasteiger partial charge on any atom is 0.219 e. The molecule has 0 fully saturated rings. The first-order chi connectivity index (χ1) is 12.7. The van der Waals surface area contributed by atoms with Crippen LogP contribution < -0.4 is 4.74 Å². The third-order valence-corrected chi connectivity index (χ3v) is 5.08. The molecule has 0 bridgehead atoms. The highest BCUT2D eigenvalue weighted by molar-refractivity contribution is 14.1. The summed E-state index contributed by atoms with van der Waals surface area (Å²) in [7, 11) is 0. The number of fused-ring (bicyclic) bond motifs is 1. The van der Waals surface area contributed by atoms with E-state index >= 15 is 0 Å². The predicted molar refractivity (Wildman–Crippen MR) is 107 cm³/mol. The van der Waals surface area contributed by atoms with Crippen molar-refractivity contribution in [2.24, 2.45) is 0 Å². The van der Waals surface area contributed by atoms with Gasteiger partial charge in [-0.15, -0.1) is 0 Å². The topological polar surface area (TPSA) is 63.2 Å². The molecule has 0 unspecified atom stereocenters. The zero-order chi connectivity index (χ0) is 18.1. The highest BCUT2D eigenvalue weighted by Gasteiger charge is 2.18. The van der Waals surface area contributed by atoms with Crippen LogP contribution in [-0.4, -0.2) is 14.4 Å². The fourth-order valence-electron chi connectivity index (χ4n) is 2.84. The maximum atomic E-state index is 9.65. The molecule has 0 saturated carbocycles. The Morgan fingerprint density at radius 3 is 2.65 bits per heavy atom. The van der Waals surface area contributed by atoms with Gasteiger partial charge in [0.05, 0.1) is 21.1 Å². The lowest BCUT2D eigenvalue weighted by Gasteiger charge is -2.07. The molecule has 0 saturated heterocycles. The molecular weight excluding hydrogens is 439 g/mol. The minimum Gasteiger partial charge on any atom is -0.439 e. The molecule has 6 heteroatoms. The van der Waals surface area contributed by atoms with Crippen molar-refractivity contribution in [1.29, 1.82) is 5.26 Å². The summed E-state index contributed by atoms with van der Waals surface area (Å²) in [6, 6.07) is 17.5. The van der Waals surface area contributed by atoms with Gasteiger partial charge in [-0.1, -0.05) is 18.2 Å². The van der Waals surface area contributed by atoms with Gasteiger partial charge >= 0.3 is 0 Å². The number of aromatic nitrogens is 3. The van der Waals surface area contributed by atoms with Gasteiger partial charge < -0.3 is 4.74 Å². The summed E-state index contributed by atoms with van der Waals surface area (Å²) >= 11 is 2.25. The Morgan fingerprint density at radius 1 is 1.12 bits per heavy atom. The van der Waals surface area contributed by atoms with E-state index in [4.69, 9.17) is 4.74 Å². The molecule has 1 aromatic carbocycles. The van der Waals surface area contributed by atoms with Gasteiger partial charge in [0.25, 0.3) is 0 Å². The second-order valence-electron chi connectivity index (χ2n) is 5.73. The smallest absolute Gasteiger partial charge is 0.219 e. The summed E-state index contributed by atoms with van der Waals surface area (Å²) < 4.78 is 8.68. The molecule has 0 aliphatic rings. The van der Waals surface area contributed by atoms with Gasteiger partial charge in [0.15, 0.2) is 0 Å². The highest BCUT2D eigenvalue weighted by Crippen LogP contribution is 2.34. The molecule has 4 rings (SSSR count). The summed E-state index contributed by atoms with van der Waals surface area (Å²) in [5.74, 6) is 1.26. The fraction of sp³-hybridized carbons (Fsp3) is 0.0500. The zero-order valence-electron chi connectivity index (χ0n) is 13.8. The van der Waals surface area contributed by atoms with Gasteiger partial charge in [0.1, 0.15) is 11.8 Å². The summed E-state index contributed by atoms with van der Waals surface area (Å²) in [6.45, 7) is 1.92. The molecule has 26 heavy (non-hydrogen) atoms. The lowest BCUT2D eigenvalue weighted by molar-refractivity contribution is 0.462. The van der Waals surface area contributed by atoms with Crippen molar-refractivity contribution in [2.75, 3.05) is 0 Å². The summed E-state index contributed by atoms with van der Waals surface area (Å²) in [4.78, 5) is 8.49. The van der Waals surface area contributed by atoms with E-state index in [1.165, 1.54) is 0 Å². The largest absolute Gasteiger partial charge is 0.439 e. The van der Waals surface area contributed by atoms with Crippen LogP contribution in [0.3, 0.4) is 0 Å². The Kier molecular flexibility index (Phi) is 4.31. The number of halogens is 1. The Hall–Kier alpha value is -2.92. The van der Waals surface area contributed by atoms with Gasteiger partial charge in [0, 0.05) is 23.5 Å². The van der Waals surface area contributed by atoms with E-state index in [1.54, 1.807) is 12.5 Å². The van der Waals surface area contributed by atoms with Crippen LogP contribution in [0.4, 0.5) is 0 Å². The summed E-state index contributed by atoms with van der Waals surface area (Å²) in [5.41, 5.74) is 4.26. The second-order valence-corrected chi connectivity index (χ2v) is 6.75. The molecule has 5 nitrogen and oxygen atoms in total. The van der Waals surface area contributed by atoms with Crippen LogP contribution in [0.2, 0.25) is 0 Å². The number of benzene rings is 1. The van der Waals surface area contributed by atoms with E-state index in [0.717, 1.165) is 26.0 Å². The first-order valence-electron chi connectivity index (χ1n) is 7.93. The molecule has 0 atom stereocenters. The maximum absolute atomic E-state index is 9.65. The molecule has 126 valence electrons. The van der Waals surface area contributed by atoms with Crippen LogP contribution in [-0.2, 0) is 0 Å². The van der Waals surface area contributed by atoms with Gasteiger partial charge in [0.2, 0.25) is 5.88 Å². The lowest BCUT2D eigenvalue weighted by atomic mass is 10.0. The molecule has 0 aliphatic carbocycles. The second kappa shape index (κ2) is 6.77. The Labute approximate surface area is 164 Å². The van der Waals surface area contributed by atoms with Crippen LogP contribution in [0.1, 0.15) is 11.3 Å². The third-order valence-electron chi connectivity index (χ3n) is 4.02. The summed E-state index contributed by atoms with van der Waals surface area (Å²) in [5, 5.41) is 9.65. The van der Waals surface area contributed by atoms with Crippen LogP contribution in [0.25, 0.3) is 16.6 Å². The molecule has 3 heterocycles. The number of hydrogen-bond acceptors (Lipinski definition) is 4. The van der Waals surface area contributed by atoms with Crippen molar-refractivity contribution < 1.29 is 4.74 Å².